The SMILES string of the molecule is CNCC1CC2CCC(C1)N2c1cc(C)ccc1C. The molecule has 2 aliphatic heterocycles. The molecular formula is C17H26N2. The van der Waals surface area contributed by atoms with Crippen LogP contribution in [0.3, 0.4) is 0 Å². The van der Waals surface area contributed by atoms with Crippen LogP contribution in [0.4, 0.5) is 5.69 Å². The predicted molar refractivity (Wildman–Crippen MR) is 81.9 cm³/mol. The number of nitrogens with zero attached hydrogens (tertiary/aromatic N) is 1. The minimum absolute atomic E-state index is 0.776. The third-order valence-electron chi connectivity index (χ3n) is 4.97. The number of benzene rings is 1. The molecule has 2 atom stereocenters. The smallest absolute Gasteiger partial charge is 0.0403 e. The van der Waals surface area contributed by atoms with Crippen molar-refractivity contribution in [1.82, 2.24) is 5.32 Å². The molecule has 104 valence electrons. The van der Waals surface area contributed by atoms with Gasteiger partial charge in [-0.25, -0.2) is 0 Å². The van der Waals surface area contributed by atoms with Crippen LogP contribution < -0.4 is 10.2 Å². The number of nitrogens with one attached hydrogen (secondary N) is 1. The van der Waals surface area contributed by atoms with E-state index in [-0.39, 0.29) is 0 Å². The molecule has 0 aliphatic carbocycles. The largest absolute Gasteiger partial charge is 0.365 e. The highest BCUT2D eigenvalue weighted by Crippen LogP contribution is 2.42. The first-order chi connectivity index (χ1) is 9.19. The van der Waals surface area contributed by atoms with Crippen molar-refractivity contribution in [3.8, 4) is 0 Å². The average Bonchev–Trinajstić information content (AvgIpc) is 2.64. The number of rotatable bonds is 3. The summed E-state index contributed by atoms with van der Waals surface area (Å²) < 4.78 is 0. The van der Waals surface area contributed by atoms with Crippen molar-refractivity contribution in [1.29, 1.82) is 0 Å². The van der Waals surface area contributed by atoms with Gasteiger partial charge in [-0.2, -0.15) is 0 Å². The van der Waals surface area contributed by atoms with Crippen LogP contribution in [0.2, 0.25) is 0 Å². The Hall–Kier alpha value is -1.02. The van der Waals surface area contributed by atoms with E-state index >= 15 is 0 Å². The first-order valence-corrected chi connectivity index (χ1v) is 7.69. The van der Waals surface area contributed by atoms with Gasteiger partial charge in [0.25, 0.3) is 0 Å². The maximum Gasteiger partial charge on any atom is 0.0403 e. The number of anilines is 1. The molecule has 3 rings (SSSR count). The standard InChI is InChI=1S/C17H26N2/c1-12-4-5-13(2)17(8-12)19-15-6-7-16(19)10-14(9-15)11-18-3/h4-5,8,14-16,18H,6-7,9-11H2,1-3H3. The zero-order valence-corrected chi connectivity index (χ0v) is 12.4. The van der Waals surface area contributed by atoms with Gasteiger partial charge >= 0.3 is 0 Å². The maximum absolute atomic E-state index is 3.36. The summed E-state index contributed by atoms with van der Waals surface area (Å²) in [5.74, 6) is 0.879. The van der Waals surface area contributed by atoms with Crippen LogP contribution in [0.5, 0.6) is 0 Å². The van der Waals surface area contributed by atoms with Gasteiger partial charge in [0.05, 0.1) is 0 Å². The lowest BCUT2D eigenvalue weighted by molar-refractivity contribution is 0.332. The highest BCUT2D eigenvalue weighted by molar-refractivity contribution is 5.57. The van der Waals surface area contributed by atoms with Gasteiger partial charge in [0.1, 0.15) is 0 Å². The maximum atomic E-state index is 3.36. The van der Waals surface area contributed by atoms with Gasteiger partial charge in [0.15, 0.2) is 0 Å². The van der Waals surface area contributed by atoms with Gasteiger partial charge < -0.3 is 10.2 Å². The van der Waals surface area contributed by atoms with Gasteiger partial charge in [0, 0.05) is 17.8 Å². The highest BCUT2D eigenvalue weighted by atomic mass is 15.2. The van der Waals surface area contributed by atoms with E-state index in [0.717, 1.165) is 18.0 Å². The lowest BCUT2D eigenvalue weighted by atomic mass is 9.89. The second-order valence-corrected chi connectivity index (χ2v) is 6.48. The molecule has 0 aromatic heterocycles. The lowest BCUT2D eigenvalue weighted by Gasteiger charge is -2.41. The van der Waals surface area contributed by atoms with Crippen molar-refractivity contribution in [2.75, 3.05) is 18.5 Å². The van der Waals surface area contributed by atoms with Crippen molar-refractivity contribution < 1.29 is 0 Å². The summed E-state index contributed by atoms with van der Waals surface area (Å²) in [6, 6.07) is 8.45. The van der Waals surface area contributed by atoms with Crippen LogP contribution in [0.1, 0.15) is 36.8 Å². The lowest BCUT2D eigenvalue weighted by Crippen LogP contribution is -2.45. The molecule has 2 bridgehead atoms. The predicted octanol–water partition coefficient (Wildman–Crippen LogP) is 3.27. The molecule has 2 aliphatic rings. The monoisotopic (exact) mass is 258 g/mol. The van der Waals surface area contributed by atoms with Crippen molar-refractivity contribution in [3.63, 3.8) is 0 Å². The topological polar surface area (TPSA) is 15.3 Å². The fourth-order valence-electron chi connectivity index (χ4n) is 4.14. The molecular weight excluding hydrogens is 232 g/mol. The second kappa shape index (κ2) is 5.16. The third-order valence-corrected chi connectivity index (χ3v) is 4.97. The molecule has 1 N–H and O–H groups in total. The fraction of sp³-hybridized carbons (Fsp3) is 0.647. The Morgan fingerprint density at radius 2 is 1.84 bits per heavy atom. The van der Waals surface area contributed by atoms with Crippen LogP contribution in [-0.2, 0) is 0 Å². The van der Waals surface area contributed by atoms with Gasteiger partial charge in [0.2, 0.25) is 0 Å². The van der Waals surface area contributed by atoms with E-state index in [1.165, 1.54) is 49.0 Å². The zero-order chi connectivity index (χ0) is 13.4. The van der Waals surface area contributed by atoms with Crippen LogP contribution in [-0.4, -0.2) is 25.7 Å². The van der Waals surface area contributed by atoms with Gasteiger partial charge in [-0.05, 0) is 76.2 Å². The highest BCUT2D eigenvalue weighted by Gasteiger charge is 2.40. The minimum atomic E-state index is 0.776. The third kappa shape index (κ3) is 2.38. The number of aryl methyl sites for hydroxylation is 2. The van der Waals surface area contributed by atoms with Crippen LogP contribution >= 0.6 is 0 Å². The normalized spacial score (nSPS) is 29.8. The molecule has 2 unspecified atom stereocenters. The number of fused-ring (bicyclic) bond motifs is 2. The minimum Gasteiger partial charge on any atom is -0.365 e. The number of hydrogen-bond acceptors (Lipinski definition) is 2. The molecule has 0 radical (unpaired) electrons. The summed E-state index contributed by atoms with van der Waals surface area (Å²) in [6.07, 6.45) is 5.51. The van der Waals surface area contributed by atoms with Gasteiger partial charge in [-0.3, -0.25) is 0 Å². The van der Waals surface area contributed by atoms with E-state index in [2.05, 4.69) is 49.3 Å². The Bertz CT molecular complexity index is 441. The Labute approximate surface area is 117 Å². The van der Waals surface area contributed by atoms with Crippen LogP contribution in [0.25, 0.3) is 0 Å². The van der Waals surface area contributed by atoms with E-state index in [4.69, 9.17) is 0 Å². The van der Waals surface area contributed by atoms with Crippen molar-refractivity contribution in [3.05, 3.63) is 29.3 Å². The summed E-state index contributed by atoms with van der Waals surface area (Å²) in [6.45, 7) is 5.65. The Morgan fingerprint density at radius 1 is 1.16 bits per heavy atom. The molecule has 2 heteroatoms. The van der Waals surface area contributed by atoms with Crippen molar-refractivity contribution >= 4 is 5.69 Å². The molecule has 19 heavy (non-hydrogen) atoms. The number of piperidine rings is 1. The summed E-state index contributed by atoms with van der Waals surface area (Å²) in [4.78, 5) is 2.74. The summed E-state index contributed by atoms with van der Waals surface area (Å²) in [5, 5.41) is 3.36. The van der Waals surface area contributed by atoms with Crippen molar-refractivity contribution in [2.24, 2.45) is 5.92 Å². The molecule has 0 saturated carbocycles. The van der Waals surface area contributed by atoms with E-state index < -0.39 is 0 Å². The quantitative estimate of drug-likeness (QED) is 0.895. The first kappa shape index (κ1) is 13.0. The molecule has 2 heterocycles. The van der Waals surface area contributed by atoms with Gasteiger partial charge in [-0.15, -0.1) is 0 Å². The Kier molecular flexibility index (Phi) is 3.53. The first-order valence-electron chi connectivity index (χ1n) is 7.69. The molecule has 2 fully saturated rings. The van der Waals surface area contributed by atoms with E-state index in [0.29, 0.717) is 0 Å². The zero-order valence-electron chi connectivity index (χ0n) is 12.4. The van der Waals surface area contributed by atoms with E-state index in [1.54, 1.807) is 0 Å². The summed E-state index contributed by atoms with van der Waals surface area (Å²) in [7, 11) is 2.08. The fourth-order valence-corrected chi connectivity index (χ4v) is 4.14. The van der Waals surface area contributed by atoms with E-state index in [9.17, 15) is 0 Å². The van der Waals surface area contributed by atoms with Crippen LogP contribution in [0.15, 0.2) is 18.2 Å². The van der Waals surface area contributed by atoms with E-state index in [1.807, 2.05) is 0 Å². The summed E-state index contributed by atoms with van der Waals surface area (Å²) >= 11 is 0. The van der Waals surface area contributed by atoms with Gasteiger partial charge in [-0.1, -0.05) is 12.1 Å². The van der Waals surface area contributed by atoms with Crippen molar-refractivity contribution in [2.45, 2.75) is 51.6 Å². The molecule has 1 aromatic carbocycles. The Morgan fingerprint density at radius 3 is 2.47 bits per heavy atom. The average molecular weight is 258 g/mol. The second-order valence-electron chi connectivity index (χ2n) is 6.48. The number of hydrogen-bond donors (Lipinski definition) is 1. The Balaban J connectivity index is 1.85. The van der Waals surface area contributed by atoms with Crippen LogP contribution in [0, 0.1) is 19.8 Å². The summed E-state index contributed by atoms with van der Waals surface area (Å²) in [5.41, 5.74) is 4.32. The molecule has 2 nitrogen and oxygen atoms in total. The molecule has 2 saturated heterocycles. The molecule has 0 spiro atoms. The molecule has 0 amide bonds. The molecule has 1 aromatic rings.